The van der Waals surface area contributed by atoms with E-state index in [-0.39, 0.29) is 23.3 Å². The van der Waals surface area contributed by atoms with E-state index in [0.717, 1.165) is 12.0 Å². The lowest BCUT2D eigenvalue weighted by Gasteiger charge is -2.40. The van der Waals surface area contributed by atoms with Crippen molar-refractivity contribution < 1.29 is 19.5 Å². The van der Waals surface area contributed by atoms with Crippen molar-refractivity contribution in [1.29, 1.82) is 0 Å². The Kier molecular flexibility index (Phi) is 10.7. The lowest BCUT2D eigenvalue weighted by Crippen LogP contribution is -2.61. The van der Waals surface area contributed by atoms with Gasteiger partial charge in [0.15, 0.2) is 0 Å². The summed E-state index contributed by atoms with van der Waals surface area (Å²) in [7, 11) is 3.42. The van der Waals surface area contributed by atoms with E-state index in [4.69, 9.17) is 0 Å². The summed E-state index contributed by atoms with van der Waals surface area (Å²) in [5.74, 6) is -1.49. The second-order valence-electron chi connectivity index (χ2n) is 11.1. The second kappa shape index (κ2) is 12.3. The Morgan fingerprint density at radius 1 is 1.06 bits per heavy atom. The number of carbonyl (C=O) groups is 3. The predicted octanol–water partition coefficient (Wildman–Crippen LogP) is 3.99. The molecule has 7 nitrogen and oxygen atoms in total. The van der Waals surface area contributed by atoms with Crippen molar-refractivity contribution in [3.05, 3.63) is 47.5 Å². The van der Waals surface area contributed by atoms with Gasteiger partial charge in [-0.05, 0) is 30.9 Å². The van der Waals surface area contributed by atoms with E-state index < -0.39 is 34.9 Å². The summed E-state index contributed by atoms with van der Waals surface area (Å²) in [5.41, 5.74) is 0.0994. The van der Waals surface area contributed by atoms with Gasteiger partial charge in [0.1, 0.15) is 6.04 Å². The van der Waals surface area contributed by atoms with Crippen molar-refractivity contribution in [1.82, 2.24) is 15.5 Å². The fourth-order valence-electron chi connectivity index (χ4n) is 4.31. The van der Waals surface area contributed by atoms with Gasteiger partial charge in [-0.1, -0.05) is 91.3 Å². The van der Waals surface area contributed by atoms with Gasteiger partial charge in [-0.3, -0.25) is 9.59 Å². The zero-order valence-corrected chi connectivity index (χ0v) is 23.1. The first-order valence-corrected chi connectivity index (χ1v) is 12.3. The van der Waals surface area contributed by atoms with E-state index in [1.54, 1.807) is 25.1 Å². The summed E-state index contributed by atoms with van der Waals surface area (Å²) < 4.78 is 0. The lowest BCUT2D eigenvalue weighted by molar-refractivity contribution is -0.141. The first-order valence-electron chi connectivity index (χ1n) is 12.3. The van der Waals surface area contributed by atoms with Crippen molar-refractivity contribution >= 4 is 17.8 Å². The Bertz CT molecular complexity index is 903. The summed E-state index contributed by atoms with van der Waals surface area (Å²) in [6.07, 6.45) is 2.40. The third-order valence-corrected chi connectivity index (χ3v) is 6.97. The Morgan fingerprint density at radius 3 is 2.03 bits per heavy atom. The maximum atomic E-state index is 13.8. The summed E-state index contributed by atoms with van der Waals surface area (Å²) in [6, 6.07) is 8.02. The zero-order valence-electron chi connectivity index (χ0n) is 23.1. The number of aliphatic carboxylic acids is 1. The molecular weight excluding hydrogens is 442 g/mol. The normalized spacial score (nSPS) is 16.1. The molecule has 1 rings (SSSR count). The Hall–Kier alpha value is -2.67. The second-order valence-corrected chi connectivity index (χ2v) is 11.1. The molecule has 2 unspecified atom stereocenters. The Morgan fingerprint density at radius 2 is 1.60 bits per heavy atom. The van der Waals surface area contributed by atoms with Crippen LogP contribution >= 0.6 is 0 Å². The molecule has 1 aromatic rings. The molecular formula is C28H45N3O4. The number of amides is 2. The minimum absolute atomic E-state index is 0.0386. The maximum Gasteiger partial charge on any atom is 0.331 e. The van der Waals surface area contributed by atoms with E-state index in [9.17, 15) is 19.5 Å². The molecule has 0 heterocycles. The van der Waals surface area contributed by atoms with Crippen molar-refractivity contribution in [3.8, 4) is 0 Å². The molecule has 0 aliphatic rings. The topological polar surface area (TPSA) is 98.7 Å². The van der Waals surface area contributed by atoms with E-state index in [2.05, 4.69) is 10.6 Å². The van der Waals surface area contributed by atoms with Gasteiger partial charge in [0.05, 0.1) is 12.1 Å². The summed E-state index contributed by atoms with van der Waals surface area (Å²) >= 11 is 0. The fraction of sp³-hybridized carbons (Fsp3) is 0.607. The molecule has 0 fully saturated rings. The summed E-state index contributed by atoms with van der Waals surface area (Å²) in [6.45, 7) is 15.3. The van der Waals surface area contributed by atoms with Gasteiger partial charge in [-0.15, -0.1) is 0 Å². The first kappa shape index (κ1) is 30.4. The van der Waals surface area contributed by atoms with Crippen molar-refractivity contribution in [2.24, 2.45) is 11.3 Å². The van der Waals surface area contributed by atoms with E-state index in [1.165, 1.54) is 6.92 Å². The van der Waals surface area contributed by atoms with Crippen LogP contribution in [0.1, 0.15) is 67.4 Å². The predicted molar refractivity (Wildman–Crippen MR) is 141 cm³/mol. The number of hydrogen-bond acceptors (Lipinski definition) is 4. The smallest absolute Gasteiger partial charge is 0.331 e. The summed E-state index contributed by atoms with van der Waals surface area (Å²) in [5, 5.41) is 15.6. The number of nitrogens with zero attached hydrogens (tertiary/aromatic N) is 1. The molecule has 1 aromatic carbocycles. The highest BCUT2D eigenvalue weighted by Gasteiger charge is 2.41. The molecule has 2 amide bonds. The average Bonchev–Trinajstić information content (AvgIpc) is 2.79. The van der Waals surface area contributed by atoms with E-state index >= 15 is 0 Å². The molecule has 0 aliphatic carbocycles. The molecule has 0 saturated carbocycles. The standard InChI is InChI=1S/C28H45N3O4/c1-11-18(2)21(17-19(3)26(34)35)31(10)25(33)23(27(4,5)6)30-24(32)22(29-9)28(7,8)20-15-13-12-14-16-20/h12-18,21-23,29H,11H2,1-10H3,(H,30,32)(H,34,35)/b19-17+/t18?,21-,22?,23-/m1/s1. The number of carbonyl (C=O) groups excluding carboxylic acids is 2. The zero-order chi connectivity index (χ0) is 27.1. The minimum Gasteiger partial charge on any atom is -0.478 e. The van der Waals surface area contributed by atoms with Crippen molar-refractivity contribution in [2.45, 2.75) is 85.4 Å². The quantitative estimate of drug-likeness (QED) is 0.410. The van der Waals surface area contributed by atoms with Gasteiger partial charge in [-0.25, -0.2) is 4.79 Å². The van der Waals surface area contributed by atoms with Gasteiger partial charge in [0.25, 0.3) is 0 Å². The van der Waals surface area contributed by atoms with Crippen LogP contribution in [-0.4, -0.2) is 60.0 Å². The van der Waals surface area contributed by atoms with Gasteiger partial charge >= 0.3 is 5.97 Å². The molecule has 0 spiro atoms. The van der Waals surface area contributed by atoms with Crippen LogP contribution in [0.25, 0.3) is 0 Å². The maximum absolute atomic E-state index is 13.8. The third-order valence-electron chi connectivity index (χ3n) is 6.97. The van der Waals surface area contributed by atoms with Gasteiger partial charge < -0.3 is 20.6 Å². The molecule has 7 heteroatoms. The Balaban J connectivity index is 3.32. The van der Waals surface area contributed by atoms with Gasteiger partial charge in [-0.2, -0.15) is 0 Å². The van der Waals surface area contributed by atoms with Crippen LogP contribution in [0.4, 0.5) is 0 Å². The van der Waals surface area contributed by atoms with Crippen LogP contribution in [0.5, 0.6) is 0 Å². The Labute approximate surface area is 211 Å². The van der Waals surface area contributed by atoms with Crippen LogP contribution < -0.4 is 10.6 Å². The molecule has 0 saturated heterocycles. The van der Waals surface area contributed by atoms with Crippen molar-refractivity contribution in [3.63, 3.8) is 0 Å². The molecule has 4 atom stereocenters. The lowest BCUT2D eigenvalue weighted by atomic mass is 9.76. The first-order chi connectivity index (χ1) is 16.1. The molecule has 35 heavy (non-hydrogen) atoms. The summed E-state index contributed by atoms with van der Waals surface area (Å²) in [4.78, 5) is 40.4. The average molecular weight is 488 g/mol. The highest BCUT2D eigenvalue weighted by atomic mass is 16.4. The van der Waals surface area contributed by atoms with E-state index in [1.807, 2.05) is 78.8 Å². The molecule has 0 bridgehead atoms. The monoisotopic (exact) mass is 487 g/mol. The molecule has 196 valence electrons. The number of benzene rings is 1. The van der Waals surface area contributed by atoms with E-state index in [0.29, 0.717) is 0 Å². The number of likely N-dealkylation sites (N-methyl/N-ethyl adjacent to an activating group) is 2. The van der Waals surface area contributed by atoms with Gasteiger partial charge in [0.2, 0.25) is 11.8 Å². The number of nitrogens with one attached hydrogen (secondary N) is 2. The molecule has 0 aromatic heterocycles. The number of carboxylic acid groups (broad SMARTS) is 1. The largest absolute Gasteiger partial charge is 0.478 e. The van der Waals surface area contributed by atoms with Crippen molar-refractivity contribution in [2.75, 3.05) is 14.1 Å². The highest BCUT2D eigenvalue weighted by Crippen LogP contribution is 2.29. The SMILES string of the molecule is CCC(C)[C@@H](/C=C(\C)C(=O)O)N(C)C(=O)[C@@H](NC(=O)C(NC)C(C)(C)c1ccccc1)C(C)(C)C. The number of rotatable bonds is 11. The molecule has 0 aliphatic heterocycles. The molecule has 0 radical (unpaired) electrons. The molecule has 3 N–H and O–H groups in total. The highest BCUT2D eigenvalue weighted by molar-refractivity contribution is 5.91. The van der Waals surface area contributed by atoms with Crippen LogP contribution in [0.2, 0.25) is 0 Å². The number of carboxylic acids is 1. The van der Waals surface area contributed by atoms with Crippen LogP contribution in [-0.2, 0) is 19.8 Å². The van der Waals surface area contributed by atoms with Crippen LogP contribution in [0.3, 0.4) is 0 Å². The fourth-order valence-corrected chi connectivity index (χ4v) is 4.31. The van der Waals surface area contributed by atoms with Crippen LogP contribution in [0.15, 0.2) is 42.0 Å². The third kappa shape index (κ3) is 7.66. The minimum atomic E-state index is -1.01. The van der Waals surface area contributed by atoms with Gasteiger partial charge in [0, 0.05) is 18.0 Å². The number of hydrogen-bond donors (Lipinski definition) is 3. The van der Waals surface area contributed by atoms with Crippen LogP contribution in [0, 0.1) is 11.3 Å².